The number of nitro groups is 1. The average Bonchev–Trinajstić information content (AvgIpc) is 2.65. The van der Waals surface area contributed by atoms with Crippen LogP contribution in [0.1, 0.15) is 44.0 Å². The number of rotatable bonds is 4. The fraction of sp³-hybridized carbons (Fsp3) is 0.500. The molecule has 2 amide bonds. The second-order valence-electron chi connectivity index (χ2n) is 7.78. The number of piperidine rings is 1. The van der Waals surface area contributed by atoms with E-state index in [9.17, 15) is 19.7 Å². The molecule has 10 heteroatoms. The Balaban J connectivity index is 1.93. The highest BCUT2D eigenvalue weighted by Gasteiger charge is 2.26. The molecule has 0 spiro atoms. The summed E-state index contributed by atoms with van der Waals surface area (Å²) < 4.78 is 10.8. The summed E-state index contributed by atoms with van der Waals surface area (Å²) in [5.74, 6) is 5.16. The van der Waals surface area contributed by atoms with E-state index >= 15 is 0 Å². The minimum absolute atomic E-state index is 0.0336. The molecule has 0 unspecified atom stereocenters. The first-order chi connectivity index (χ1) is 14.0. The van der Waals surface area contributed by atoms with Crippen LogP contribution in [0.3, 0.4) is 0 Å². The Kier molecular flexibility index (Phi) is 7.51. The van der Waals surface area contributed by atoms with Crippen LogP contribution in [0.25, 0.3) is 0 Å². The molecule has 2 N–H and O–H groups in total. The third-order valence-electron chi connectivity index (χ3n) is 4.25. The summed E-state index contributed by atoms with van der Waals surface area (Å²) in [5.41, 5.74) is 4.11. The van der Waals surface area contributed by atoms with Crippen molar-refractivity contribution < 1.29 is 24.0 Å². The number of benzene rings is 1. The summed E-state index contributed by atoms with van der Waals surface area (Å²) in [7, 11) is 0. The van der Waals surface area contributed by atoms with Crippen LogP contribution in [0.5, 0.6) is 5.75 Å². The Morgan fingerprint density at radius 2 is 1.97 bits per heavy atom. The zero-order valence-electron chi connectivity index (χ0n) is 17.1. The molecule has 0 bridgehead atoms. The number of hydrogen-bond donors (Lipinski definition) is 1. The number of nitrogens with zero attached hydrogens (tertiary/aromatic N) is 2. The summed E-state index contributed by atoms with van der Waals surface area (Å²) in [6.45, 7) is 6.50. The minimum Gasteiger partial charge on any atom is -0.479 e. The van der Waals surface area contributed by atoms with E-state index in [-0.39, 0.29) is 35.0 Å². The van der Waals surface area contributed by atoms with Gasteiger partial charge in [-0.1, -0.05) is 23.4 Å². The fourth-order valence-corrected chi connectivity index (χ4v) is 3.03. The van der Waals surface area contributed by atoms with Crippen molar-refractivity contribution in [2.45, 2.75) is 39.2 Å². The molecule has 1 saturated heterocycles. The zero-order chi connectivity index (χ0) is 22.5. The highest BCUT2D eigenvalue weighted by molar-refractivity contribution is 6.34. The smallest absolute Gasteiger partial charge is 0.410 e. The molecule has 0 saturated carbocycles. The van der Waals surface area contributed by atoms with Crippen LogP contribution in [-0.4, -0.2) is 47.1 Å². The molecule has 1 fully saturated rings. The zero-order valence-corrected chi connectivity index (χ0v) is 17.8. The van der Waals surface area contributed by atoms with Crippen LogP contribution >= 0.6 is 11.6 Å². The number of likely N-dealkylation sites (tertiary alicyclic amines) is 1. The average molecular weight is 438 g/mol. The maximum Gasteiger partial charge on any atom is 0.410 e. The van der Waals surface area contributed by atoms with Gasteiger partial charge in [-0.2, -0.15) is 0 Å². The van der Waals surface area contributed by atoms with E-state index in [4.69, 9.17) is 26.8 Å². The number of primary amides is 1. The maximum atomic E-state index is 12.1. The second kappa shape index (κ2) is 9.67. The van der Waals surface area contributed by atoms with E-state index in [1.165, 1.54) is 6.07 Å². The van der Waals surface area contributed by atoms with Gasteiger partial charge in [-0.05, 0) is 39.7 Å². The molecular formula is C20H24ClN3O6. The van der Waals surface area contributed by atoms with Crippen LogP contribution in [0.4, 0.5) is 10.5 Å². The third kappa shape index (κ3) is 6.52. The fourth-order valence-electron chi connectivity index (χ4n) is 2.80. The molecule has 0 aromatic heterocycles. The summed E-state index contributed by atoms with van der Waals surface area (Å²) in [5, 5.41) is 10.9. The second-order valence-corrected chi connectivity index (χ2v) is 8.16. The molecular weight excluding hydrogens is 414 g/mol. The predicted molar refractivity (Wildman–Crippen MR) is 110 cm³/mol. The third-order valence-corrected chi connectivity index (χ3v) is 4.63. The Morgan fingerprint density at radius 1 is 1.33 bits per heavy atom. The van der Waals surface area contributed by atoms with Crippen molar-refractivity contribution in [1.29, 1.82) is 0 Å². The lowest BCUT2D eigenvalue weighted by molar-refractivity contribution is -0.384. The molecule has 1 heterocycles. The quantitative estimate of drug-likeness (QED) is 0.437. The number of amides is 2. The molecule has 0 radical (unpaired) electrons. The number of carbonyl (C=O) groups excluding carboxylic acids is 2. The molecule has 0 aliphatic carbocycles. The first kappa shape index (κ1) is 23.3. The number of halogens is 1. The molecule has 30 heavy (non-hydrogen) atoms. The lowest BCUT2D eigenvalue weighted by Crippen LogP contribution is -2.41. The summed E-state index contributed by atoms with van der Waals surface area (Å²) in [4.78, 5) is 35.5. The van der Waals surface area contributed by atoms with Crippen LogP contribution in [0, 0.1) is 27.9 Å². The van der Waals surface area contributed by atoms with Gasteiger partial charge >= 0.3 is 6.09 Å². The molecule has 1 aliphatic heterocycles. The highest BCUT2D eigenvalue weighted by Crippen LogP contribution is 2.35. The van der Waals surface area contributed by atoms with Crippen LogP contribution in [0.2, 0.25) is 5.02 Å². The van der Waals surface area contributed by atoms with Crippen LogP contribution in [0.15, 0.2) is 12.1 Å². The van der Waals surface area contributed by atoms with Gasteiger partial charge in [0.25, 0.3) is 5.69 Å². The number of nitro benzene ring substituents is 1. The van der Waals surface area contributed by atoms with Gasteiger partial charge in [-0.3, -0.25) is 14.9 Å². The topological polar surface area (TPSA) is 125 Å². The predicted octanol–water partition coefficient (Wildman–Crippen LogP) is 3.38. The Morgan fingerprint density at radius 3 is 2.50 bits per heavy atom. The molecule has 1 aliphatic rings. The van der Waals surface area contributed by atoms with E-state index in [1.807, 2.05) is 20.8 Å². The van der Waals surface area contributed by atoms with Crippen LogP contribution in [-0.2, 0) is 4.74 Å². The monoisotopic (exact) mass is 437 g/mol. The van der Waals surface area contributed by atoms with Crippen molar-refractivity contribution in [2.75, 3.05) is 19.7 Å². The summed E-state index contributed by atoms with van der Waals surface area (Å²) in [6, 6.07) is 2.25. The lowest BCUT2D eigenvalue weighted by Gasteiger charge is -2.31. The van der Waals surface area contributed by atoms with Gasteiger partial charge in [-0.15, -0.1) is 0 Å². The normalized spacial score (nSPS) is 14.5. The highest BCUT2D eigenvalue weighted by atomic mass is 35.5. The molecule has 0 atom stereocenters. The van der Waals surface area contributed by atoms with E-state index < -0.39 is 22.1 Å². The van der Waals surface area contributed by atoms with E-state index in [1.54, 1.807) is 4.90 Å². The van der Waals surface area contributed by atoms with E-state index in [0.717, 1.165) is 6.07 Å². The van der Waals surface area contributed by atoms with Gasteiger partial charge in [0.1, 0.15) is 18.0 Å². The van der Waals surface area contributed by atoms with Gasteiger partial charge in [0.15, 0.2) is 5.02 Å². The summed E-state index contributed by atoms with van der Waals surface area (Å²) in [6.07, 6.45) is 1.08. The van der Waals surface area contributed by atoms with Gasteiger partial charge in [0.2, 0.25) is 5.91 Å². The largest absolute Gasteiger partial charge is 0.479 e. The Hall–Kier alpha value is -2.99. The minimum atomic E-state index is -0.831. The maximum absolute atomic E-state index is 12.1. The molecule has 1 aromatic rings. The van der Waals surface area contributed by atoms with E-state index in [2.05, 4.69) is 11.8 Å². The van der Waals surface area contributed by atoms with Gasteiger partial charge in [-0.25, -0.2) is 4.79 Å². The molecule has 162 valence electrons. The standard InChI is InChI=1S/C20H24ClN3O6/c1-20(2,3)30-19(26)23-8-6-13(7-9-23)5-4-10-29-16-12-14(18(22)25)11-15(17(16)21)24(27)28/h11-13H,6-10H2,1-3H3,(H2,22,25). The lowest BCUT2D eigenvalue weighted by atomic mass is 9.98. The molecule has 9 nitrogen and oxygen atoms in total. The van der Waals surface area contributed by atoms with Crippen molar-refractivity contribution in [2.24, 2.45) is 11.7 Å². The van der Waals surface area contributed by atoms with Crippen molar-refractivity contribution in [3.63, 3.8) is 0 Å². The van der Waals surface area contributed by atoms with E-state index in [0.29, 0.717) is 25.9 Å². The molecule has 1 aromatic carbocycles. The number of nitrogens with two attached hydrogens (primary N) is 1. The number of hydrogen-bond acceptors (Lipinski definition) is 6. The van der Waals surface area contributed by atoms with Gasteiger partial charge < -0.3 is 20.1 Å². The van der Waals surface area contributed by atoms with Crippen molar-refractivity contribution in [3.05, 3.63) is 32.8 Å². The van der Waals surface area contributed by atoms with Crippen molar-refractivity contribution >= 4 is 29.3 Å². The first-order valence-electron chi connectivity index (χ1n) is 9.35. The molecule has 2 rings (SSSR count). The summed E-state index contributed by atoms with van der Waals surface area (Å²) >= 11 is 5.98. The SMILES string of the molecule is CC(C)(C)OC(=O)N1CCC(C#CCOc2cc(C(N)=O)cc([N+](=O)[O-])c2Cl)CC1. The van der Waals surface area contributed by atoms with Crippen LogP contribution < -0.4 is 10.5 Å². The number of ether oxygens (including phenoxy) is 2. The van der Waals surface area contributed by atoms with Crippen molar-refractivity contribution in [3.8, 4) is 17.6 Å². The Labute approximate surface area is 179 Å². The number of carbonyl (C=O) groups is 2. The van der Waals surface area contributed by atoms with Gasteiger partial charge in [0.05, 0.1) is 4.92 Å². The van der Waals surface area contributed by atoms with Gasteiger partial charge in [0, 0.05) is 30.6 Å². The Bertz CT molecular complexity index is 892. The van der Waals surface area contributed by atoms with Crippen molar-refractivity contribution in [1.82, 2.24) is 4.90 Å². The first-order valence-corrected chi connectivity index (χ1v) is 9.72.